The number of fused-ring (bicyclic) bond motifs is 1. The van der Waals surface area contributed by atoms with Crippen molar-refractivity contribution in [2.24, 2.45) is 0 Å². The Bertz CT molecular complexity index is 636. The maximum atomic E-state index is 11.9. The Morgan fingerprint density at radius 2 is 1.90 bits per heavy atom. The van der Waals surface area contributed by atoms with Crippen molar-refractivity contribution in [2.45, 2.75) is 18.8 Å². The summed E-state index contributed by atoms with van der Waals surface area (Å²) in [6.07, 6.45) is 1.26. The quantitative estimate of drug-likeness (QED) is 0.893. The highest BCUT2D eigenvalue weighted by atomic mass is 16.3. The van der Waals surface area contributed by atoms with Crippen molar-refractivity contribution in [2.75, 3.05) is 6.54 Å². The smallest absolute Gasteiger partial charge is 0.224 e. The number of aromatic hydroxyl groups is 1. The lowest BCUT2D eigenvalue weighted by molar-refractivity contribution is -0.120. The maximum Gasteiger partial charge on any atom is 0.224 e. The predicted octanol–water partition coefficient (Wildman–Crippen LogP) is 2.39. The molecule has 1 atom stereocenters. The van der Waals surface area contributed by atoms with Gasteiger partial charge in [-0.25, -0.2) is 0 Å². The van der Waals surface area contributed by atoms with Gasteiger partial charge in [-0.2, -0.15) is 0 Å². The van der Waals surface area contributed by atoms with Gasteiger partial charge >= 0.3 is 0 Å². The molecule has 1 amide bonds. The summed E-state index contributed by atoms with van der Waals surface area (Å²) in [7, 11) is 0. The first-order valence-corrected chi connectivity index (χ1v) is 6.85. The van der Waals surface area contributed by atoms with Gasteiger partial charge in [-0.3, -0.25) is 4.79 Å². The summed E-state index contributed by atoms with van der Waals surface area (Å²) in [6.45, 7) is 0.670. The van der Waals surface area contributed by atoms with Crippen molar-refractivity contribution >= 4 is 5.91 Å². The van der Waals surface area contributed by atoms with Gasteiger partial charge in [-0.1, -0.05) is 42.5 Å². The van der Waals surface area contributed by atoms with Gasteiger partial charge in [0.15, 0.2) is 0 Å². The van der Waals surface area contributed by atoms with E-state index in [0.29, 0.717) is 18.0 Å². The van der Waals surface area contributed by atoms with Crippen LogP contribution in [0.3, 0.4) is 0 Å². The summed E-state index contributed by atoms with van der Waals surface area (Å²) < 4.78 is 0. The number of benzene rings is 2. The van der Waals surface area contributed by atoms with Gasteiger partial charge in [-0.05, 0) is 23.6 Å². The van der Waals surface area contributed by atoms with Crippen molar-refractivity contribution in [1.82, 2.24) is 5.32 Å². The molecule has 3 heteroatoms. The minimum Gasteiger partial charge on any atom is -0.508 e. The minimum atomic E-state index is -0.0455. The number of hydrogen-bond acceptors (Lipinski definition) is 2. The van der Waals surface area contributed by atoms with Crippen molar-refractivity contribution in [3.8, 4) is 5.75 Å². The summed E-state index contributed by atoms with van der Waals surface area (Å²) in [5.74, 6) is 0.562. The Hall–Kier alpha value is -2.29. The van der Waals surface area contributed by atoms with Crippen LogP contribution in [0.15, 0.2) is 48.5 Å². The van der Waals surface area contributed by atoms with Gasteiger partial charge in [0.2, 0.25) is 5.91 Å². The van der Waals surface area contributed by atoms with E-state index in [1.807, 2.05) is 18.2 Å². The molecule has 0 bridgehead atoms. The summed E-state index contributed by atoms with van der Waals surface area (Å²) in [6, 6.07) is 15.3. The Labute approximate surface area is 118 Å². The number of phenolic OH excluding ortho intramolecular Hbond substituents is 1. The van der Waals surface area contributed by atoms with Crippen LogP contribution >= 0.6 is 0 Å². The molecule has 0 fully saturated rings. The van der Waals surface area contributed by atoms with Crippen LogP contribution in [0, 0.1) is 0 Å². The topological polar surface area (TPSA) is 49.3 Å². The van der Waals surface area contributed by atoms with Gasteiger partial charge in [0.1, 0.15) is 5.75 Å². The van der Waals surface area contributed by atoms with E-state index < -0.39 is 0 Å². The second-order valence-corrected chi connectivity index (χ2v) is 5.21. The third kappa shape index (κ3) is 2.52. The van der Waals surface area contributed by atoms with Crippen LogP contribution in [0.4, 0.5) is 0 Å². The molecule has 0 heterocycles. The Balaban J connectivity index is 1.53. The fraction of sp³-hybridized carbons (Fsp3) is 0.235. The van der Waals surface area contributed by atoms with Crippen LogP contribution in [0.25, 0.3) is 0 Å². The van der Waals surface area contributed by atoms with Crippen LogP contribution in [-0.2, 0) is 17.6 Å². The highest BCUT2D eigenvalue weighted by Gasteiger charge is 2.25. The SMILES string of the molecule is O=C(Cc1ccccc1O)NCC1Cc2ccccc21. The molecule has 0 radical (unpaired) electrons. The van der Waals surface area contributed by atoms with Crippen LogP contribution < -0.4 is 5.32 Å². The first kappa shape index (κ1) is 12.7. The molecule has 0 aromatic heterocycles. The molecule has 3 rings (SSSR count). The molecule has 1 aliphatic carbocycles. The van der Waals surface area contributed by atoms with E-state index in [4.69, 9.17) is 0 Å². The minimum absolute atomic E-state index is 0.0455. The number of carbonyl (C=O) groups is 1. The number of amides is 1. The molecule has 0 saturated heterocycles. The molecule has 2 aromatic rings. The first-order valence-electron chi connectivity index (χ1n) is 6.85. The van der Waals surface area contributed by atoms with E-state index in [1.165, 1.54) is 11.1 Å². The predicted molar refractivity (Wildman–Crippen MR) is 77.7 cm³/mol. The zero-order valence-corrected chi connectivity index (χ0v) is 11.2. The summed E-state index contributed by atoms with van der Waals surface area (Å²) in [5, 5.41) is 12.6. The molecule has 1 unspecified atom stereocenters. The van der Waals surface area contributed by atoms with E-state index in [2.05, 4.69) is 17.4 Å². The lowest BCUT2D eigenvalue weighted by atomic mass is 9.77. The monoisotopic (exact) mass is 267 g/mol. The molecule has 0 saturated carbocycles. The van der Waals surface area contributed by atoms with E-state index in [9.17, 15) is 9.90 Å². The van der Waals surface area contributed by atoms with Gasteiger partial charge in [-0.15, -0.1) is 0 Å². The number of hydrogen-bond donors (Lipinski definition) is 2. The third-order valence-corrected chi connectivity index (χ3v) is 3.85. The average Bonchev–Trinajstić information content (AvgIpc) is 2.42. The summed E-state index contributed by atoms with van der Waals surface area (Å²) in [5.41, 5.74) is 3.39. The number of nitrogens with one attached hydrogen (secondary N) is 1. The molecule has 2 N–H and O–H groups in total. The van der Waals surface area contributed by atoms with E-state index in [-0.39, 0.29) is 18.1 Å². The Morgan fingerprint density at radius 1 is 1.15 bits per heavy atom. The molecule has 1 aliphatic rings. The van der Waals surface area contributed by atoms with Crippen LogP contribution in [0.2, 0.25) is 0 Å². The van der Waals surface area contributed by atoms with Crippen molar-refractivity contribution in [3.05, 3.63) is 65.2 Å². The fourth-order valence-electron chi connectivity index (χ4n) is 2.68. The highest BCUT2D eigenvalue weighted by molar-refractivity contribution is 5.79. The number of carbonyl (C=O) groups excluding carboxylic acids is 1. The third-order valence-electron chi connectivity index (χ3n) is 3.85. The van der Waals surface area contributed by atoms with Gasteiger partial charge in [0.05, 0.1) is 6.42 Å². The number of phenols is 1. The molecular formula is C17H17NO2. The average molecular weight is 267 g/mol. The second kappa shape index (κ2) is 5.37. The largest absolute Gasteiger partial charge is 0.508 e. The summed E-state index contributed by atoms with van der Waals surface area (Å²) >= 11 is 0. The Kier molecular flexibility index (Phi) is 3.42. The van der Waals surface area contributed by atoms with Gasteiger partial charge in [0.25, 0.3) is 0 Å². The van der Waals surface area contributed by atoms with Crippen molar-refractivity contribution < 1.29 is 9.90 Å². The zero-order valence-electron chi connectivity index (χ0n) is 11.2. The molecule has 2 aromatic carbocycles. The normalized spacial score (nSPS) is 16.1. The lowest BCUT2D eigenvalue weighted by Gasteiger charge is -2.30. The zero-order chi connectivity index (χ0) is 13.9. The van der Waals surface area contributed by atoms with Gasteiger partial charge < -0.3 is 10.4 Å². The summed E-state index contributed by atoms with van der Waals surface area (Å²) in [4.78, 5) is 11.9. The van der Waals surface area contributed by atoms with Gasteiger partial charge in [0, 0.05) is 18.0 Å². The molecular weight excluding hydrogens is 250 g/mol. The maximum absolute atomic E-state index is 11.9. The Morgan fingerprint density at radius 3 is 2.70 bits per heavy atom. The first-order chi connectivity index (χ1) is 9.74. The van der Waals surface area contributed by atoms with E-state index >= 15 is 0 Å². The molecule has 20 heavy (non-hydrogen) atoms. The van der Waals surface area contributed by atoms with Crippen molar-refractivity contribution in [1.29, 1.82) is 0 Å². The van der Waals surface area contributed by atoms with Crippen LogP contribution in [0.5, 0.6) is 5.75 Å². The van der Waals surface area contributed by atoms with Crippen molar-refractivity contribution in [3.63, 3.8) is 0 Å². The van der Waals surface area contributed by atoms with Crippen LogP contribution in [-0.4, -0.2) is 17.6 Å². The lowest BCUT2D eigenvalue weighted by Crippen LogP contribution is -2.33. The molecule has 102 valence electrons. The van der Waals surface area contributed by atoms with E-state index in [1.54, 1.807) is 18.2 Å². The fourth-order valence-corrected chi connectivity index (χ4v) is 2.68. The molecule has 0 aliphatic heterocycles. The van der Waals surface area contributed by atoms with E-state index in [0.717, 1.165) is 6.42 Å². The molecule has 0 spiro atoms. The number of rotatable bonds is 4. The highest BCUT2D eigenvalue weighted by Crippen LogP contribution is 2.33. The molecule has 3 nitrogen and oxygen atoms in total. The van der Waals surface area contributed by atoms with Crippen LogP contribution in [0.1, 0.15) is 22.6 Å². The number of para-hydroxylation sites is 1. The standard InChI is InChI=1S/C17H17NO2/c19-16-8-4-2-6-13(16)10-17(20)18-11-14-9-12-5-1-3-7-15(12)14/h1-8,14,19H,9-11H2,(H,18,20). The second-order valence-electron chi connectivity index (χ2n) is 5.21.